The Bertz CT molecular complexity index is 525. The molecular formula is C13H15ClFN3. The quantitative estimate of drug-likeness (QED) is 0.903. The van der Waals surface area contributed by atoms with Crippen LogP contribution in [0.25, 0.3) is 0 Å². The molecule has 0 spiro atoms. The van der Waals surface area contributed by atoms with Crippen LogP contribution in [-0.2, 0) is 13.1 Å². The van der Waals surface area contributed by atoms with Crippen LogP contribution in [0.4, 0.5) is 4.39 Å². The summed E-state index contributed by atoms with van der Waals surface area (Å²) in [6, 6.07) is 6.31. The second-order valence-electron chi connectivity index (χ2n) is 4.00. The third-order valence-electron chi connectivity index (χ3n) is 2.69. The predicted octanol–water partition coefficient (Wildman–Crippen LogP) is 2.83. The Labute approximate surface area is 111 Å². The van der Waals surface area contributed by atoms with Crippen LogP contribution in [-0.4, -0.2) is 16.3 Å². The van der Waals surface area contributed by atoms with E-state index in [9.17, 15) is 4.39 Å². The van der Waals surface area contributed by atoms with Crippen molar-refractivity contribution in [3.05, 3.63) is 52.6 Å². The van der Waals surface area contributed by atoms with Gasteiger partial charge in [0.1, 0.15) is 5.82 Å². The summed E-state index contributed by atoms with van der Waals surface area (Å²) in [6.45, 7) is 4.16. The summed E-state index contributed by atoms with van der Waals surface area (Å²) in [5.74, 6) is -0.283. The van der Waals surface area contributed by atoms with Crippen molar-refractivity contribution in [3.63, 3.8) is 0 Å². The molecule has 0 aliphatic carbocycles. The third kappa shape index (κ3) is 3.09. The van der Waals surface area contributed by atoms with Crippen LogP contribution < -0.4 is 5.32 Å². The van der Waals surface area contributed by atoms with Crippen LogP contribution in [0.1, 0.15) is 18.2 Å². The van der Waals surface area contributed by atoms with Gasteiger partial charge in [-0.15, -0.1) is 0 Å². The first-order valence-corrected chi connectivity index (χ1v) is 6.24. The zero-order chi connectivity index (χ0) is 13.0. The van der Waals surface area contributed by atoms with Crippen molar-refractivity contribution in [2.75, 3.05) is 6.54 Å². The van der Waals surface area contributed by atoms with Crippen molar-refractivity contribution in [3.8, 4) is 0 Å². The third-order valence-corrected chi connectivity index (χ3v) is 3.06. The molecule has 0 unspecified atom stereocenters. The number of nitrogens with one attached hydrogen (secondary N) is 1. The molecule has 2 rings (SSSR count). The minimum absolute atomic E-state index is 0.283. The van der Waals surface area contributed by atoms with E-state index in [0.717, 1.165) is 24.3 Å². The van der Waals surface area contributed by atoms with Gasteiger partial charge in [-0.3, -0.25) is 4.68 Å². The Hall–Kier alpha value is -1.39. The van der Waals surface area contributed by atoms with E-state index < -0.39 is 0 Å². The first kappa shape index (κ1) is 13.1. The number of nitrogens with zero attached hydrogens (tertiary/aromatic N) is 2. The minimum atomic E-state index is -0.283. The smallest absolute Gasteiger partial charge is 0.123 e. The fourth-order valence-electron chi connectivity index (χ4n) is 1.73. The lowest BCUT2D eigenvalue weighted by Crippen LogP contribution is -2.16. The van der Waals surface area contributed by atoms with Crippen LogP contribution in [0.15, 0.2) is 30.5 Å². The Morgan fingerprint density at radius 2 is 2.22 bits per heavy atom. The molecular weight excluding hydrogens is 253 g/mol. The molecule has 2 aromatic rings. The van der Waals surface area contributed by atoms with Gasteiger partial charge in [-0.05, 0) is 36.4 Å². The Balaban J connectivity index is 2.18. The number of hydrogen-bond acceptors (Lipinski definition) is 2. The molecule has 0 amide bonds. The molecule has 3 nitrogen and oxygen atoms in total. The number of benzene rings is 1. The van der Waals surface area contributed by atoms with E-state index in [2.05, 4.69) is 10.4 Å². The number of aromatic nitrogens is 2. The Kier molecular flexibility index (Phi) is 4.33. The van der Waals surface area contributed by atoms with E-state index in [0.29, 0.717) is 11.6 Å². The lowest BCUT2D eigenvalue weighted by molar-refractivity contribution is 0.596. The lowest BCUT2D eigenvalue weighted by atomic mass is 10.2. The van der Waals surface area contributed by atoms with Gasteiger partial charge in [-0.1, -0.05) is 18.5 Å². The van der Waals surface area contributed by atoms with Crippen LogP contribution in [0, 0.1) is 5.82 Å². The van der Waals surface area contributed by atoms with Crippen molar-refractivity contribution in [2.45, 2.75) is 20.0 Å². The Morgan fingerprint density at radius 3 is 3.00 bits per heavy atom. The minimum Gasteiger partial charge on any atom is -0.311 e. The average Bonchev–Trinajstić information content (AvgIpc) is 2.79. The molecule has 96 valence electrons. The van der Waals surface area contributed by atoms with Gasteiger partial charge in [0.2, 0.25) is 0 Å². The van der Waals surface area contributed by atoms with Gasteiger partial charge in [0.25, 0.3) is 0 Å². The van der Waals surface area contributed by atoms with Crippen molar-refractivity contribution in [2.24, 2.45) is 0 Å². The normalized spacial score (nSPS) is 10.8. The summed E-state index contributed by atoms with van der Waals surface area (Å²) in [6.07, 6.45) is 1.74. The molecule has 1 aromatic carbocycles. The van der Waals surface area contributed by atoms with Gasteiger partial charge >= 0.3 is 0 Å². The predicted molar refractivity (Wildman–Crippen MR) is 70.1 cm³/mol. The second-order valence-corrected chi connectivity index (χ2v) is 4.40. The maximum atomic E-state index is 13.2. The van der Waals surface area contributed by atoms with E-state index in [1.165, 1.54) is 12.1 Å². The summed E-state index contributed by atoms with van der Waals surface area (Å²) >= 11 is 6.05. The molecule has 18 heavy (non-hydrogen) atoms. The van der Waals surface area contributed by atoms with Crippen molar-refractivity contribution >= 4 is 11.6 Å². The monoisotopic (exact) mass is 267 g/mol. The summed E-state index contributed by atoms with van der Waals surface area (Å²) in [7, 11) is 0. The molecule has 0 saturated carbocycles. The molecule has 0 atom stereocenters. The first-order chi connectivity index (χ1) is 8.70. The van der Waals surface area contributed by atoms with Crippen LogP contribution in [0.3, 0.4) is 0 Å². The van der Waals surface area contributed by atoms with Gasteiger partial charge in [-0.2, -0.15) is 5.10 Å². The van der Waals surface area contributed by atoms with Crippen LogP contribution in [0.5, 0.6) is 0 Å². The van der Waals surface area contributed by atoms with Gasteiger partial charge in [-0.25, -0.2) is 4.39 Å². The summed E-state index contributed by atoms with van der Waals surface area (Å²) in [5, 5.41) is 8.02. The van der Waals surface area contributed by atoms with E-state index in [4.69, 9.17) is 11.6 Å². The lowest BCUT2D eigenvalue weighted by Gasteiger charge is -2.09. The average molecular weight is 268 g/mol. The van der Waals surface area contributed by atoms with Gasteiger partial charge in [0.15, 0.2) is 0 Å². The fourth-order valence-corrected chi connectivity index (χ4v) is 1.91. The molecule has 0 fully saturated rings. The topological polar surface area (TPSA) is 29.9 Å². The highest BCUT2D eigenvalue weighted by Crippen LogP contribution is 2.18. The first-order valence-electron chi connectivity index (χ1n) is 5.86. The summed E-state index contributed by atoms with van der Waals surface area (Å²) in [4.78, 5) is 0. The zero-order valence-corrected chi connectivity index (χ0v) is 10.9. The molecule has 5 heteroatoms. The van der Waals surface area contributed by atoms with Crippen molar-refractivity contribution in [1.82, 2.24) is 15.1 Å². The van der Waals surface area contributed by atoms with Crippen molar-refractivity contribution < 1.29 is 4.39 Å². The van der Waals surface area contributed by atoms with Crippen molar-refractivity contribution in [1.29, 1.82) is 0 Å². The molecule has 1 N–H and O–H groups in total. The molecule has 1 heterocycles. The molecule has 0 aliphatic rings. The molecule has 1 aromatic heterocycles. The summed E-state index contributed by atoms with van der Waals surface area (Å²) in [5.41, 5.74) is 1.79. The van der Waals surface area contributed by atoms with Crippen LogP contribution >= 0.6 is 11.6 Å². The maximum absolute atomic E-state index is 13.2. The van der Waals surface area contributed by atoms with E-state index in [1.54, 1.807) is 12.3 Å². The highest BCUT2D eigenvalue weighted by Gasteiger charge is 2.07. The number of rotatable bonds is 5. The maximum Gasteiger partial charge on any atom is 0.123 e. The second kappa shape index (κ2) is 5.98. The number of hydrogen-bond donors (Lipinski definition) is 1. The summed E-state index contributed by atoms with van der Waals surface area (Å²) < 4.78 is 15.0. The van der Waals surface area contributed by atoms with Gasteiger partial charge in [0, 0.05) is 17.8 Å². The standard InChI is InChI=1S/C13H15ClFN3/c1-2-16-8-12-5-6-17-18(12)9-10-7-11(15)3-4-13(10)14/h3-7,16H,2,8-9H2,1H3. The fraction of sp³-hybridized carbons (Fsp3) is 0.308. The van der Waals surface area contributed by atoms with Gasteiger partial charge in [0.05, 0.1) is 12.2 Å². The van der Waals surface area contributed by atoms with E-state index in [1.807, 2.05) is 17.7 Å². The molecule has 0 radical (unpaired) electrons. The SMILES string of the molecule is CCNCc1ccnn1Cc1cc(F)ccc1Cl. The van der Waals surface area contributed by atoms with E-state index in [-0.39, 0.29) is 5.82 Å². The molecule has 0 bridgehead atoms. The zero-order valence-electron chi connectivity index (χ0n) is 10.2. The highest BCUT2D eigenvalue weighted by atomic mass is 35.5. The molecule has 0 aliphatic heterocycles. The molecule has 0 saturated heterocycles. The number of halogens is 2. The highest BCUT2D eigenvalue weighted by molar-refractivity contribution is 6.31. The van der Waals surface area contributed by atoms with E-state index >= 15 is 0 Å². The van der Waals surface area contributed by atoms with Crippen LogP contribution in [0.2, 0.25) is 5.02 Å². The Morgan fingerprint density at radius 1 is 1.39 bits per heavy atom. The van der Waals surface area contributed by atoms with Gasteiger partial charge < -0.3 is 5.32 Å². The largest absolute Gasteiger partial charge is 0.311 e.